The third-order valence-electron chi connectivity index (χ3n) is 4.36. The van der Waals surface area contributed by atoms with Gasteiger partial charge in [0.1, 0.15) is 12.2 Å². The Kier molecular flexibility index (Phi) is 5.77. The standard InChI is InChI=1S/C17H24N4O4S/c1-3-24-15-8-7-14(10-16(15)25-4-2)26(22,23)21-9-5-6-13(11-21)17-18-12-19-20-17/h7-8,10,12-13H,3-6,9,11H2,1-2H3,(H,18,19,20). The molecule has 1 aliphatic rings. The predicted octanol–water partition coefficient (Wildman–Crippen LogP) is 2.17. The van der Waals surface area contributed by atoms with Gasteiger partial charge in [-0.2, -0.15) is 9.40 Å². The van der Waals surface area contributed by atoms with Gasteiger partial charge >= 0.3 is 0 Å². The van der Waals surface area contributed by atoms with Gasteiger partial charge in [-0.25, -0.2) is 13.4 Å². The Labute approximate surface area is 153 Å². The van der Waals surface area contributed by atoms with Gasteiger partial charge in [-0.05, 0) is 38.8 Å². The number of sulfonamides is 1. The highest BCUT2D eigenvalue weighted by atomic mass is 32.2. The van der Waals surface area contributed by atoms with Gasteiger partial charge in [0.05, 0.1) is 18.1 Å². The molecule has 1 unspecified atom stereocenters. The molecule has 2 heterocycles. The van der Waals surface area contributed by atoms with Gasteiger partial charge in [0.15, 0.2) is 11.5 Å². The summed E-state index contributed by atoms with van der Waals surface area (Å²) in [6.07, 6.45) is 3.11. The van der Waals surface area contributed by atoms with E-state index in [-0.39, 0.29) is 10.8 Å². The number of nitrogens with one attached hydrogen (secondary N) is 1. The third-order valence-corrected chi connectivity index (χ3v) is 6.22. The van der Waals surface area contributed by atoms with Crippen LogP contribution in [0, 0.1) is 0 Å². The zero-order valence-corrected chi connectivity index (χ0v) is 15.8. The summed E-state index contributed by atoms with van der Waals surface area (Å²) >= 11 is 0. The Bertz CT molecular complexity index is 823. The second-order valence-corrected chi connectivity index (χ2v) is 7.99. The first kappa shape index (κ1) is 18.7. The molecule has 0 bridgehead atoms. The van der Waals surface area contributed by atoms with E-state index in [9.17, 15) is 8.42 Å². The monoisotopic (exact) mass is 380 g/mol. The molecule has 1 aliphatic heterocycles. The summed E-state index contributed by atoms with van der Waals surface area (Å²) in [6, 6.07) is 4.77. The minimum atomic E-state index is -3.62. The lowest BCUT2D eigenvalue weighted by molar-refractivity contribution is 0.286. The average Bonchev–Trinajstić information content (AvgIpc) is 3.18. The molecule has 1 aromatic carbocycles. The highest BCUT2D eigenvalue weighted by Gasteiger charge is 2.32. The average molecular weight is 380 g/mol. The molecule has 9 heteroatoms. The van der Waals surface area contributed by atoms with Crippen molar-refractivity contribution in [1.29, 1.82) is 0 Å². The fourth-order valence-electron chi connectivity index (χ4n) is 3.14. The van der Waals surface area contributed by atoms with Crippen LogP contribution in [0.5, 0.6) is 11.5 Å². The molecular weight excluding hydrogens is 356 g/mol. The van der Waals surface area contributed by atoms with Gasteiger partial charge in [-0.3, -0.25) is 5.10 Å². The van der Waals surface area contributed by atoms with Crippen LogP contribution < -0.4 is 9.47 Å². The van der Waals surface area contributed by atoms with Crippen LogP contribution >= 0.6 is 0 Å². The molecule has 0 radical (unpaired) electrons. The molecule has 2 aromatic rings. The molecule has 1 N–H and O–H groups in total. The summed E-state index contributed by atoms with van der Waals surface area (Å²) in [5, 5.41) is 6.71. The first-order valence-electron chi connectivity index (χ1n) is 8.81. The largest absolute Gasteiger partial charge is 0.490 e. The number of aromatic nitrogens is 3. The number of hydrogen-bond acceptors (Lipinski definition) is 6. The fourth-order valence-corrected chi connectivity index (χ4v) is 4.68. The van der Waals surface area contributed by atoms with Crippen LogP contribution in [0.15, 0.2) is 29.4 Å². The molecular formula is C17H24N4O4S. The zero-order valence-electron chi connectivity index (χ0n) is 15.0. The molecule has 1 fully saturated rings. The maximum atomic E-state index is 13.1. The molecule has 0 amide bonds. The summed E-state index contributed by atoms with van der Waals surface area (Å²) in [5.74, 6) is 1.74. The van der Waals surface area contributed by atoms with Crippen LogP contribution in [0.4, 0.5) is 0 Å². The fraction of sp³-hybridized carbons (Fsp3) is 0.529. The van der Waals surface area contributed by atoms with E-state index in [0.29, 0.717) is 37.8 Å². The maximum absolute atomic E-state index is 13.1. The number of H-pyrrole nitrogens is 1. The molecule has 0 aliphatic carbocycles. The van der Waals surface area contributed by atoms with E-state index in [1.165, 1.54) is 10.6 Å². The lowest BCUT2D eigenvalue weighted by Gasteiger charge is -2.31. The van der Waals surface area contributed by atoms with E-state index in [2.05, 4.69) is 15.2 Å². The smallest absolute Gasteiger partial charge is 0.243 e. The number of nitrogens with zero attached hydrogens (tertiary/aromatic N) is 3. The van der Waals surface area contributed by atoms with Crippen LogP contribution in [0.25, 0.3) is 0 Å². The van der Waals surface area contributed by atoms with Crippen molar-refractivity contribution in [3.8, 4) is 11.5 Å². The molecule has 26 heavy (non-hydrogen) atoms. The third kappa shape index (κ3) is 3.83. The Morgan fingerprint density at radius 2 is 2.00 bits per heavy atom. The number of aromatic amines is 1. The SMILES string of the molecule is CCOc1ccc(S(=O)(=O)N2CCCC(c3ncn[nH]3)C2)cc1OCC. The quantitative estimate of drug-likeness (QED) is 0.791. The van der Waals surface area contributed by atoms with Crippen molar-refractivity contribution in [3.63, 3.8) is 0 Å². The van der Waals surface area contributed by atoms with Crippen LogP contribution in [0.1, 0.15) is 38.4 Å². The molecule has 1 aromatic heterocycles. The summed E-state index contributed by atoms with van der Waals surface area (Å²) < 4.78 is 38.8. The number of piperidine rings is 1. The Morgan fingerprint density at radius 3 is 2.69 bits per heavy atom. The minimum Gasteiger partial charge on any atom is -0.490 e. The van der Waals surface area contributed by atoms with Crippen molar-refractivity contribution in [2.75, 3.05) is 26.3 Å². The Balaban J connectivity index is 1.86. The first-order chi connectivity index (χ1) is 12.6. The molecule has 1 atom stereocenters. The highest BCUT2D eigenvalue weighted by Crippen LogP contribution is 2.33. The summed E-state index contributed by atoms with van der Waals surface area (Å²) in [7, 11) is -3.62. The van der Waals surface area contributed by atoms with Crippen LogP contribution in [-0.2, 0) is 10.0 Å². The lowest BCUT2D eigenvalue weighted by atomic mass is 9.99. The van der Waals surface area contributed by atoms with E-state index in [1.807, 2.05) is 13.8 Å². The van der Waals surface area contributed by atoms with E-state index >= 15 is 0 Å². The van der Waals surface area contributed by atoms with Crippen LogP contribution in [0.2, 0.25) is 0 Å². The lowest BCUT2D eigenvalue weighted by Crippen LogP contribution is -2.39. The van der Waals surface area contributed by atoms with Crippen molar-refractivity contribution in [2.45, 2.75) is 37.5 Å². The molecule has 0 spiro atoms. The van der Waals surface area contributed by atoms with Crippen LogP contribution in [0.3, 0.4) is 0 Å². The maximum Gasteiger partial charge on any atom is 0.243 e. The van der Waals surface area contributed by atoms with Crippen molar-refractivity contribution in [3.05, 3.63) is 30.4 Å². The van der Waals surface area contributed by atoms with Gasteiger partial charge in [-0.15, -0.1) is 0 Å². The van der Waals surface area contributed by atoms with Crippen molar-refractivity contribution in [2.24, 2.45) is 0 Å². The number of ether oxygens (including phenoxy) is 2. The number of rotatable bonds is 7. The second-order valence-electron chi connectivity index (χ2n) is 6.05. The number of benzene rings is 1. The van der Waals surface area contributed by atoms with E-state index < -0.39 is 10.0 Å². The van der Waals surface area contributed by atoms with Crippen molar-refractivity contribution in [1.82, 2.24) is 19.5 Å². The minimum absolute atomic E-state index is 0.0232. The summed E-state index contributed by atoms with van der Waals surface area (Å²) in [6.45, 7) is 5.51. The van der Waals surface area contributed by atoms with Crippen LogP contribution in [-0.4, -0.2) is 54.2 Å². The van der Waals surface area contributed by atoms with E-state index in [4.69, 9.17) is 9.47 Å². The summed E-state index contributed by atoms with van der Waals surface area (Å²) in [5.41, 5.74) is 0. The highest BCUT2D eigenvalue weighted by molar-refractivity contribution is 7.89. The molecule has 1 saturated heterocycles. The van der Waals surface area contributed by atoms with Gasteiger partial charge in [0, 0.05) is 25.1 Å². The van der Waals surface area contributed by atoms with Crippen molar-refractivity contribution >= 4 is 10.0 Å². The molecule has 142 valence electrons. The van der Waals surface area contributed by atoms with Gasteiger partial charge in [0.2, 0.25) is 10.0 Å². The predicted molar refractivity (Wildman–Crippen MR) is 95.9 cm³/mol. The van der Waals surface area contributed by atoms with Gasteiger partial charge in [0.25, 0.3) is 0 Å². The summed E-state index contributed by atoms with van der Waals surface area (Å²) in [4.78, 5) is 4.39. The van der Waals surface area contributed by atoms with E-state index in [1.54, 1.807) is 18.2 Å². The first-order valence-corrected chi connectivity index (χ1v) is 10.2. The topological polar surface area (TPSA) is 97.4 Å². The Morgan fingerprint density at radius 1 is 1.23 bits per heavy atom. The number of hydrogen-bond donors (Lipinski definition) is 1. The van der Waals surface area contributed by atoms with Gasteiger partial charge < -0.3 is 9.47 Å². The Hall–Kier alpha value is -2.13. The van der Waals surface area contributed by atoms with Gasteiger partial charge in [-0.1, -0.05) is 0 Å². The van der Waals surface area contributed by atoms with E-state index in [0.717, 1.165) is 18.7 Å². The molecule has 8 nitrogen and oxygen atoms in total. The second kappa shape index (κ2) is 8.05. The molecule has 0 saturated carbocycles. The van der Waals surface area contributed by atoms with Crippen molar-refractivity contribution < 1.29 is 17.9 Å². The zero-order chi connectivity index (χ0) is 18.6. The molecule has 3 rings (SSSR count). The normalized spacial score (nSPS) is 18.6.